The van der Waals surface area contributed by atoms with Gasteiger partial charge in [-0.25, -0.2) is 0 Å². The van der Waals surface area contributed by atoms with Crippen molar-refractivity contribution >= 4 is 108 Å². The van der Waals surface area contributed by atoms with Crippen LogP contribution in [0.5, 0.6) is 0 Å². The molecular weight excluding hydrogens is 1120 g/mol. The molecule has 1 saturated carbocycles. The molecule has 84 heavy (non-hydrogen) atoms. The molecule has 4 heterocycles. The van der Waals surface area contributed by atoms with Crippen LogP contribution in [0.25, 0.3) is 21.8 Å². The van der Waals surface area contributed by atoms with Gasteiger partial charge >= 0.3 is 0 Å². The summed E-state index contributed by atoms with van der Waals surface area (Å²) in [6, 6.07) is 5.89. The Balaban J connectivity index is 1.26. The number of para-hydroxylation sites is 2. The Kier molecular flexibility index (Phi) is 22.9. The van der Waals surface area contributed by atoms with Gasteiger partial charge in [0.25, 0.3) is 0 Å². The zero-order valence-electron chi connectivity index (χ0n) is 47.4. The molecule has 2 aromatic heterocycles. The van der Waals surface area contributed by atoms with Crippen LogP contribution in [0.2, 0.25) is 0 Å². The van der Waals surface area contributed by atoms with Gasteiger partial charge in [0.05, 0.1) is 6.54 Å². The molecule has 1 spiro atoms. The second kappa shape index (κ2) is 30.1. The number of H-pyrrole nitrogens is 2. The molecule has 4 aromatic rings. The van der Waals surface area contributed by atoms with Gasteiger partial charge in [-0.05, 0) is 74.1 Å². The lowest BCUT2D eigenvalue weighted by molar-refractivity contribution is -0.142. The van der Waals surface area contributed by atoms with Crippen molar-refractivity contribution in [1.82, 2.24) is 52.1 Å². The minimum atomic E-state index is -1.48. The molecule has 454 valence electrons. The number of guanidine groups is 1. The molecule has 2 aliphatic heterocycles. The fraction of sp³-hybridized carbons (Fsp3) is 0.526. The minimum absolute atomic E-state index is 0.0165. The Bertz CT molecular complexity index is 3070. The highest BCUT2D eigenvalue weighted by Gasteiger charge is 2.43. The number of aliphatic imine (C=N–C) groups is 1. The van der Waals surface area contributed by atoms with Crippen molar-refractivity contribution < 1.29 is 47.9 Å². The van der Waals surface area contributed by atoms with Crippen LogP contribution in [-0.4, -0.2) is 152 Å². The van der Waals surface area contributed by atoms with Crippen molar-refractivity contribution in [2.75, 3.05) is 25.4 Å². The largest absolute Gasteiger partial charge is 0.370 e. The summed E-state index contributed by atoms with van der Waals surface area (Å²) in [5.74, 6) is -7.84. The summed E-state index contributed by atoms with van der Waals surface area (Å²) in [5, 5.41) is 21.2. The van der Waals surface area contributed by atoms with E-state index in [4.69, 9.17) is 22.9 Å². The first-order valence-corrected chi connectivity index (χ1v) is 31.0. The SMILES string of the molecule is CC[C@H](C)[C@@H]1NC(=O)[C@@H](Cc2c[nH]c3ccccc23)NC(=O)CC2(CCCCC2)SSC[C@@H](C(=O)N2CCC[C@H]2C(=O)N[C@@H](CCCN=C(N)N)C(=O)NCC(N)=O)NC(=O)[C@H](Cc2c[nH]c3ccccc23)NC(=O)C(CCC(N)=O)NC1=O. The van der Waals surface area contributed by atoms with Crippen molar-refractivity contribution in [3.8, 4) is 0 Å². The molecule has 7 rings (SSSR count). The molecule has 10 amide bonds. The molecule has 1 aliphatic carbocycles. The van der Waals surface area contributed by atoms with Crippen molar-refractivity contribution in [3.05, 3.63) is 72.1 Å². The van der Waals surface area contributed by atoms with Gasteiger partial charge in [-0.15, -0.1) is 0 Å². The molecule has 25 nitrogen and oxygen atoms in total. The van der Waals surface area contributed by atoms with Crippen LogP contribution in [0.4, 0.5) is 0 Å². The van der Waals surface area contributed by atoms with Gasteiger partial charge < -0.3 is 75.0 Å². The van der Waals surface area contributed by atoms with Crippen molar-refractivity contribution in [2.45, 2.75) is 157 Å². The van der Waals surface area contributed by atoms with Gasteiger partial charge in [0.2, 0.25) is 59.1 Å². The molecule has 3 fully saturated rings. The lowest BCUT2D eigenvalue weighted by atomic mass is 9.85. The molecular formula is C57H79N15O10S2. The number of amides is 10. The number of carbonyl (C=O) groups is 10. The fourth-order valence-corrected chi connectivity index (χ4v) is 14.4. The average molecular weight is 1200 g/mol. The zero-order valence-corrected chi connectivity index (χ0v) is 49.1. The quantitative estimate of drug-likeness (QED) is 0.0267. The summed E-state index contributed by atoms with van der Waals surface area (Å²) >= 11 is 0. The maximum absolute atomic E-state index is 15.3. The van der Waals surface area contributed by atoms with E-state index in [9.17, 15) is 38.4 Å². The van der Waals surface area contributed by atoms with Gasteiger partial charge in [-0.2, -0.15) is 0 Å². The summed E-state index contributed by atoms with van der Waals surface area (Å²) in [7, 11) is 2.68. The number of aromatic amines is 2. The molecule has 2 saturated heterocycles. The van der Waals surface area contributed by atoms with Gasteiger partial charge in [0.15, 0.2) is 5.96 Å². The van der Waals surface area contributed by atoms with Crippen LogP contribution in [-0.2, 0) is 60.8 Å². The Morgan fingerprint density at radius 3 is 1.98 bits per heavy atom. The molecule has 2 aromatic carbocycles. The van der Waals surface area contributed by atoms with E-state index in [0.29, 0.717) is 31.2 Å². The van der Waals surface area contributed by atoms with Crippen LogP contribution in [0, 0.1) is 5.92 Å². The summed E-state index contributed by atoms with van der Waals surface area (Å²) in [4.78, 5) is 153. The minimum Gasteiger partial charge on any atom is -0.370 e. The summed E-state index contributed by atoms with van der Waals surface area (Å²) in [5.41, 5.74) is 24.8. The standard InChI is InChI=1S/C57H79N15O10S2/c1-3-32(2)48-54(81)68-40(19-20-45(58)73)50(77)69-42(26-34-29-64-38-16-8-6-14-36(34)38)51(78)70-43(55(82)72-24-12-18-44(72)53(80)67-39(17-11-23-62-56(60)61)49(76)65-30-46(59)74)31-83-84-57(21-9-4-10-22-57)27-47(75)66-41(52(79)71-48)25-33-28-63-37-15-7-5-13-35(33)37/h5-8,13-16,28-29,32,39-44,48,63-64H,3-4,9-12,17-27,30-31H2,1-2H3,(H2,58,73)(H2,59,74)(H,65,76)(H,66,75)(H,67,80)(H,68,81)(H,69,77)(H,70,78)(H,71,79)(H4,60,61,62)/t32-,39-,40?,41+,42-,43-,44-,48-/m0/s1. The first-order valence-electron chi connectivity index (χ1n) is 28.7. The van der Waals surface area contributed by atoms with Crippen LogP contribution in [0.1, 0.15) is 108 Å². The maximum atomic E-state index is 15.3. The van der Waals surface area contributed by atoms with E-state index in [0.717, 1.165) is 46.6 Å². The number of fused-ring (bicyclic) bond motifs is 2. The Labute approximate surface area is 494 Å². The molecule has 3 aliphatic rings. The second-order valence-electron chi connectivity index (χ2n) is 22.0. The monoisotopic (exact) mass is 1200 g/mol. The number of aromatic nitrogens is 2. The van der Waals surface area contributed by atoms with E-state index in [1.807, 2.05) is 55.5 Å². The molecule has 0 radical (unpaired) electrons. The first kappa shape index (κ1) is 63.8. The highest BCUT2D eigenvalue weighted by molar-refractivity contribution is 8.77. The summed E-state index contributed by atoms with van der Waals surface area (Å²) in [6.07, 6.45) is 7.74. The van der Waals surface area contributed by atoms with E-state index in [2.05, 4.69) is 52.2 Å². The van der Waals surface area contributed by atoms with Gasteiger partial charge in [0.1, 0.15) is 42.3 Å². The van der Waals surface area contributed by atoms with Crippen molar-refractivity contribution in [1.29, 1.82) is 0 Å². The number of likely N-dealkylation sites (tertiary alicyclic amines) is 1. The second-order valence-corrected chi connectivity index (χ2v) is 24.8. The number of hydrogen-bond acceptors (Lipinski definition) is 13. The number of hydrogen-bond donors (Lipinski definition) is 13. The number of nitrogens with zero attached hydrogens (tertiary/aromatic N) is 2. The van der Waals surface area contributed by atoms with Crippen LogP contribution < -0.4 is 60.2 Å². The third-order valence-electron chi connectivity index (χ3n) is 15.8. The van der Waals surface area contributed by atoms with Crippen molar-refractivity contribution in [3.63, 3.8) is 0 Å². The zero-order chi connectivity index (χ0) is 60.5. The normalized spacial score (nSPS) is 22.8. The average Bonchev–Trinajstić information content (AvgIpc) is 4.33. The number of nitrogens with two attached hydrogens (primary N) is 4. The maximum Gasteiger partial charge on any atom is 0.246 e. The number of primary amides is 2. The lowest BCUT2D eigenvalue weighted by Crippen LogP contribution is -2.61. The van der Waals surface area contributed by atoms with Crippen LogP contribution in [0.3, 0.4) is 0 Å². The highest BCUT2D eigenvalue weighted by Crippen LogP contribution is 2.48. The predicted molar refractivity (Wildman–Crippen MR) is 321 cm³/mol. The van der Waals surface area contributed by atoms with E-state index >= 15 is 9.59 Å². The third-order valence-corrected chi connectivity index (χ3v) is 19.1. The molecule has 8 atom stereocenters. The van der Waals surface area contributed by atoms with Crippen molar-refractivity contribution in [2.24, 2.45) is 33.8 Å². The van der Waals surface area contributed by atoms with E-state index in [1.165, 1.54) is 26.5 Å². The Morgan fingerprint density at radius 2 is 1.36 bits per heavy atom. The van der Waals surface area contributed by atoms with Gasteiger partial charge in [-0.1, -0.05) is 97.5 Å². The highest BCUT2D eigenvalue weighted by atomic mass is 33.1. The lowest BCUT2D eigenvalue weighted by Gasteiger charge is -2.37. The predicted octanol–water partition coefficient (Wildman–Crippen LogP) is 0.789. The topological polar surface area (TPSA) is 406 Å². The molecule has 1 unspecified atom stereocenters. The van der Waals surface area contributed by atoms with Crippen LogP contribution >= 0.6 is 21.6 Å². The van der Waals surface area contributed by atoms with Gasteiger partial charge in [0, 0.05) is 83.5 Å². The fourth-order valence-electron chi connectivity index (χ4n) is 11.0. The van der Waals surface area contributed by atoms with E-state index in [-0.39, 0.29) is 76.2 Å². The molecule has 17 N–H and O–H groups in total. The Morgan fingerprint density at radius 1 is 0.750 bits per heavy atom. The molecule has 27 heteroatoms. The molecule has 0 bridgehead atoms. The smallest absolute Gasteiger partial charge is 0.246 e. The van der Waals surface area contributed by atoms with Crippen LogP contribution in [0.15, 0.2) is 65.9 Å². The van der Waals surface area contributed by atoms with Gasteiger partial charge in [-0.3, -0.25) is 52.9 Å². The Hall–Kier alpha value is -7.81. The number of nitrogens with one attached hydrogen (secondary N) is 9. The summed E-state index contributed by atoms with van der Waals surface area (Å²) < 4.78 is -0.695. The summed E-state index contributed by atoms with van der Waals surface area (Å²) in [6.45, 7) is 3.32. The van der Waals surface area contributed by atoms with E-state index < -0.39 is 119 Å². The number of benzene rings is 2. The first-order chi connectivity index (χ1) is 40.2. The number of rotatable bonds is 19. The third kappa shape index (κ3) is 17.4. The van der Waals surface area contributed by atoms with E-state index in [1.54, 1.807) is 19.3 Å². The number of carbonyl (C=O) groups excluding carboxylic acids is 10.